The second kappa shape index (κ2) is 9.26. The molecule has 0 radical (unpaired) electrons. The summed E-state index contributed by atoms with van der Waals surface area (Å²) in [6, 6.07) is 2.09. The normalized spacial score (nSPS) is 15.7. The van der Waals surface area contributed by atoms with Gasteiger partial charge in [0.25, 0.3) is 0 Å². The quantitative estimate of drug-likeness (QED) is 0.518. The van der Waals surface area contributed by atoms with Gasteiger partial charge < -0.3 is 10.6 Å². The molecule has 1 unspecified atom stereocenters. The number of hydrogen-bond acceptors (Lipinski definition) is 6. The van der Waals surface area contributed by atoms with E-state index in [1.54, 1.807) is 13.8 Å². The SMILES string of the molecule is CC(C)CS(=O)(=O)C(C(=O)NCC(=O)NC1CC1)c1nc2cc(C(F)(F)F)c(Br)cc2s1. The fourth-order valence-corrected chi connectivity index (χ4v) is 7.22. The van der Waals surface area contributed by atoms with E-state index < -0.39 is 45.2 Å². The van der Waals surface area contributed by atoms with Gasteiger partial charge in [0.1, 0.15) is 5.01 Å². The molecule has 32 heavy (non-hydrogen) atoms. The number of thiazole rings is 1. The van der Waals surface area contributed by atoms with Crippen LogP contribution in [0.4, 0.5) is 13.2 Å². The first-order valence-electron chi connectivity index (χ1n) is 9.73. The highest BCUT2D eigenvalue weighted by molar-refractivity contribution is 9.10. The summed E-state index contributed by atoms with van der Waals surface area (Å²) in [5, 5.41) is 3.13. The zero-order valence-corrected chi connectivity index (χ0v) is 20.3. The van der Waals surface area contributed by atoms with Crippen molar-refractivity contribution in [2.75, 3.05) is 12.3 Å². The lowest BCUT2D eigenvalue weighted by Crippen LogP contribution is -2.42. The van der Waals surface area contributed by atoms with Crippen LogP contribution in [0.5, 0.6) is 0 Å². The van der Waals surface area contributed by atoms with Crippen LogP contribution in [0.25, 0.3) is 10.2 Å². The zero-order valence-electron chi connectivity index (χ0n) is 17.1. The van der Waals surface area contributed by atoms with Crippen LogP contribution in [0.15, 0.2) is 16.6 Å². The molecule has 1 aromatic carbocycles. The molecule has 1 aliphatic rings. The van der Waals surface area contributed by atoms with E-state index >= 15 is 0 Å². The Hall–Kier alpha value is -1.73. The van der Waals surface area contributed by atoms with Gasteiger partial charge in [-0.1, -0.05) is 29.8 Å². The Morgan fingerprint density at radius 2 is 1.94 bits per heavy atom. The van der Waals surface area contributed by atoms with Crippen molar-refractivity contribution in [3.8, 4) is 0 Å². The number of hydrogen-bond donors (Lipinski definition) is 2. The molecule has 1 saturated carbocycles. The van der Waals surface area contributed by atoms with Gasteiger partial charge >= 0.3 is 6.18 Å². The summed E-state index contributed by atoms with van der Waals surface area (Å²) >= 11 is 3.71. The zero-order chi connectivity index (χ0) is 23.8. The number of carbonyl (C=O) groups excluding carboxylic acids is 2. The summed E-state index contributed by atoms with van der Waals surface area (Å²) in [6.07, 6.45) is -2.93. The van der Waals surface area contributed by atoms with Gasteiger partial charge in [-0.3, -0.25) is 9.59 Å². The number of fused-ring (bicyclic) bond motifs is 1. The summed E-state index contributed by atoms with van der Waals surface area (Å²) in [6.45, 7) is 2.93. The molecule has 1 aromatic heterocycles. The van der Waals surface area contributed by atoms with Crippen molar-refractivity contribution < 1.29 is 31.2 Å². The van der Waals surface area contributed by atoms with Crippen LogP contribution in [0.3, 0.4) is 0 Å². The van der Waals surface area contributed by atoms with E-state index in [-0.39, 0.29) is 32.7 Å². The van der Waals surface area contributed by atoms with Gasteiger partial charge in [0, 0.05) is 10.5 Å². The number of aromatic nitrogens is 1. The van der Waals surface area contributed by atoms with Crippen molar-refractivity contribution in [3.63, 3.8) is 0 Å². The molecule has 0 bridgehead atoms. The third-order valence-corrected chi connectivity index (χ3v) is 8.73. The Kier molecular flexibility index (Phi) is 7.20. The molecule has 1 aliphatic carbocycles. The van der Waals surface area contributed by atoms with E-state index in [9.17, 15) is 31.2 Å². The van der Waals surface area contributed by atoms with Gasteiger partial charge in [0.2, 0.25) is 11.8 Å². The Bertz CT molecular complexity index is 1140. The molecule has 2 amide bonds. The summed E-state index contributed by atoms with van der Waals surface area (Å²) in [7, 11) is -4.06. The summed E-state index contributed by atoms with van der Waals surface area (Å²) in [5.74, 6) is -2.00. The minimum Gasteiger partial charge on any atom is -0.352 e. The number of halogens is 4. The average Bonchev–Trinajstić information content (AvgIpc) is 3.34. The van der Waals surface area contributed by atoms with Crippen LogP contribution in [-0.4, -0.2) is 43.6 Å². The monoisotopic (exact) mass is 555 g/mol. The summed E-state index contributed by atoms with van der Waals surface area (Å²) in [4.78, 5) is 28.8. The highest BCUT2D eigenvalue weighted by atomic mass is 79.9. The van der Waals surface area contributed by atoms with Gasteiger partial charge in [-0.25, -0.2) is 13.4 Å². The molecule has 2 aromatic rings. The molecular formula is C19H21BrF3N3O4S2. The molecule has 176 valence electrons. The van der Waals surface area contributed by atoms with Crippen molar-refractivity contribution in [2.24, 2.45) is 5.92 Å². The smallest absolute Gasteiger partial charge is 0.352 e. The van der Waals surface area contributed by atoms with E-state index in [1.807, 2.05) is 0 Å². The molecular weight excluding hydrogens is 535 g/mol. The summed E-state index contributed by atoms with van der Waals surface area (Å²) in [5.41, 5.74) is -1.02. The predicted octanol–water partition coefficient (Wildman–Crippen LogP) is 3.58. The predicted molar refractivity (Wildman–Crippen MR) is 118 cm³/mol. The van der Waals surface area contributed by atoms with Gasteiger partial charge in [0.05, 0.1) is 28.1 Å². The second-order valence-corrected chi connectivity index (χ2v) is 12.1. The van der Waals surface area contributed by atoms with E-state index in [0.717, 1.165) is 30.2 Å². The Morgan fingerprint density at radius 3 is 2.50 bits per heavy atom. The minimum atomic E-state index is -4.63. The van der Waals surface area contributed by atoms with Crippen molar-refractivity contribution in [1.82, 2.24) is 15.6 Å². The molecule has 7 nitrogen and oxygen atoms in total. The largest absolute Gasteiger partial charge is 0.417 e. The lowest BCUT2D eigenvalue weighted by atomic mass is 10.2. The van der Waals surface area contributed by atoms with Crippen molar-refractivity contribution in [2.45, 2.75) is 44.2 Å². The number of nitrogens with one attached hydrogen (secondary N) is 2. The van der Waals surface area contributed by atoms with Crippen LogP contribution in [0.1, 0.15) is 42.5 Å². The van der Waals surface area contributed by atoms with E-state index in [1.165, 1.54) is 6.07 Å². The van der Waals surface area contributed by atoms with Crippen molar-refractivity contribution >= 4 is 59.1 Å². The maximum atomic E-state index is 13.2. The molecule has 0 aliphatic heterocycles. The number of amides is 2. The molecule has 3 rings (SSSR count). The second-order valence-electron chi connectivity index (χ2n) is 8.01. The molecule has 13 heteroatoms. The van der Waals surface area contributed by atoms with Gasteiger partial charge in [-0.15, -0.1) is 11.3 Å². The Labute approximate surface area is 195 Å². The first-order valence-corrected chi connectivity index (χ1v) is 13.1. The van der Waals surface area contributed by atoms with Crippen LogP contribution >= 0.6 is 27.3 Å². The third-order valence-electron chi connectivity index (χ3n) is 4.55. The van der Waals surface area contributed by atoms with Crippen molar-refractivity contribution in [3.05, 3.63) is 27.2 Å². The maximum Gasteiger partial charge on any atom is 0.417 e. The fraction of sp³-hybridized carbons (Fsp3) is 0.526. The van der Waals surface area contributed by atoms with E-state index in [0.29, 0.717) is 4.70 Å². The lowest BCUT2D eigenvalue weighted by molar-refractivity contribution is -0.138. The molecule has 0 spiro atoms. The maximum absolute atomic E-state index is 13.2. The molecule has 0 saturated heterocycles. The van der Waals surface area contributed by atoms with Crippen molar-refractivity contribution in [1.29, 1.82) is 0 Å². The first-order chi connectivity index (χ1) is 14.8. The lowest BCUT2D eigenvalue weighted by Gasteiger charge is -2.16. The number of benzene rings is 1. The number of rotatable bonds is 8. The Morgan fingerprint density at radius 1 is 1.28 bits per heavy atom. The minimum absolute atomic E-state index is 0.0652. The highest BCUT2D eigenvalue weighted by Gasteiger charge is 2.39. The average molecular weight is 556 g/mol. The van der Waals surface area contributed by atoms with E-state index in [2.05, 4.69) is 31.5 Å². The van der Waals surface area contributed by atoms with Crippen LogP contribution < -0.4 is 10.6 Å². The number of carbonyl (C=O) groups is 2. The van der Waals surface area contributed by atoms with Gasteiger partial charge in [0.15, 0.2) is 15.1 Å². The van der Waals surface area contributed by atoms with Gasteiger partial charge in [-0.05, 0) is 30.9 Å². The van der Waals surface area contributed by atoms with E-state index in [4.69, 9.17) is 0 Å². The standard InChI is InChI=1S/C19H21BrF3N3O4S2/c1-9(2)8-32(29,30)16(17(28)24-7-15(27)25-10-3-4-10)18-26-13-5-11(19(21,22)23)12(20)6-14(13)31-18/h5-6,9-10,16H,3-4,7-8H2,1-2H3,(H,24,28)(H,25,27). The van der Waals surface area contributed by atoms with Crippen LogP contribution in [0.2, 0.25) is 0 Å². The molecule has 2 N–H and O–H groups in total. The fourth-order valence-electron chi connectivity index (χ4n) is 3.05. The number of sulfone groups is 1. The third kappa shape index (κ3) is 5.98. The van der Waals surface area contributed by atoms with Gasteiger partial charge in [-0.2, -0.15) is 13.2 Å². The molecule has 1 fully saturated rings. The topological polar surface area (TPSA) is 105 Å². The number of alkyl halides is 3. The molecule has 1 heterocycles. The van der Waals surface area contributed by atoms with Crippen LogP contribution in [0, 0.1) is 5.92 Å². The first kappa shape index (κ1) is 24.9. The molecule has 1 atom stereocenters. The summed E-state index contributed by atoms with van der Waals surface area (Å²) < 4.78 is 65.8. The Balaban J connectivity index is 1.95. The number of nitrogens with zero attached hydrogens (tertiary/aromatic N) is 1. The highest BCUT2D eigenvalue weighted by Crippen LogP contribution is 2.40. The van der Waals surface area contributed by atoms with Crippen LogP contribution in [-0.2, 0) is 25.6 Å².